The highest BCUT2D eigenvalue weighted by molar-refractivity contribution is 7.16. The topological polar surface area (TPSA) is 53.6 Å². The summed E-state index contributed by atoms with van der Waals surface area (Å²) >= 11 is 7.83. The van der Waals surface area contributed by atoms with Crippen molar-refractivity contribution in [1.82, 2.24) is 15.0 Å². The largest absolute Gasteiger partial charge is 0.357 e. The third kappa shape index (κ3) is 3.50. The number of fused-ring (bicyclic) bond motifs is 1. The molecule has 0 bridgehead atoms. The second-order valence-corrected chi connectivity index (χ2v) is 7.04. The maximum Gasteiger partial charge on any atom is 0.184 e. The van der Waals surface area contributed by atoms with Crippen LogP contribution in [-0.4, -0.2) is 15.0 Å². The smallest absolute Gasteiger partial charge is 0.184 e. The van der Waals surface area contributed by atoms with E-state index in [1.54, 1.807) is 18.3 Å². The Morgan fingerprint density at radius 1 is 1.20 bits per heavy atom. The van der Waals surface area contributed by atoms with Crippen molar-refractivity contribution in [3.8, 4) is 0 Å². The number of anilines is 1. The second kappa shape index (κ2) is 6.82. The van der Waals surface area contributed by atoms with E-state index in [1.165, 1.54) is 23.5 Å². The standard InChI is InChI=1S/C18H14ClFN4S/c19-16-15(8-12-10-22-17-14(12)2-1-7-21-17)25-18(24-16)23-9-11-3-5-13(20)6-4-11/h1-7,10H,8-9H2,(H,21,22)(H,23,24). The van der Waals surface area contributed by atoms with Crippen molar-refractivity contribution in [2.75, 3.05) is 5.32 Å². The van der Waals surface area contributed by atoms with E-state index in [1.807, 2.05) is 18.3 Å². The van der Waals surface area contributed by atoms with E-state index < -0.39 is 0 Å². The van der Waals surface area contributed by atoms with Crippen molar-refractivity contribution in [3.63, 3.8) is 0 Å². The molecule has 25 heavy (non-hydrogen) atoms. The summed E-state index contributed by atoms with van der Waals surface area (Å²) in [5.41, 5.74) is 2.99. The lowest BCUT2D eigenvalue weighted by molar-refractivity contribution is 0.627. The molecule has 0 spiro atoms. The Hall–Kier alpha value is -2.44. The quantitative estimate of drug-likeness (QED) is 0.517. The van der Waals surface area contributed by atoms with Crippen molar-refractivity contribution in [1.29, 1.82) is 0 Å². The van der Waals surface area contributed by atoms with E-state index in [0.29, 0.717) is 18.1 Å². The summed E-state index contributed by atoms with van der Waals surface area (Å²) < 4.78 is 12.9. The number of hydrogen-bond donors (Lipinski definition) is 2. The van der Waals surface area contributed by atoms with Gasteiger partial charge < -0.3 is 10.3 Å². The van der Waals surface area contributed by atoms with Crippen LogP contribution < -0.4 is 5.32 Å². The number of rotatable bonds is 5. The summed E-state index contributed by atoms with van der Waals surface area (Å²) in [6.45, 7) is 0.570. The van der Waals surface area contributed by atoms with Gasteiger partial charge in [-0.3, -0.25) is 0 Å². The molecule has 4 nitrogen and oxygen atoms in total. The minimum absolute atomic E-state index is 0.239. The summed E-state index contributed by atoms with van der Waals surface area (Å²) in [6, 6.07) is 10.3. The maximum atomic E-state index is 12.9. The summed E-state index contributed by atoms with van der Waals surface area (Å²) in [5, 5.41) is 5.59. The highest BCUT2D eigenvalue weighted by Crippen LogP contribution is 2.31. The van der Waals surface area contributed by atoms with Crippen LogP contribution in [0.3, 0.4) is 0 Å². The molecule has 0 aliphatic rings. The number of halogens is 2. The average Bonchev–Trinajstić information content (AvgIpc) is 3.19. The van der Waals surface area contributed by atoms with Crippen molar-refractivity contribution >= 4 is 39.1 Å². The minimum Gasteiger partial charge on any atom is -0.357 e. The van der Waals surface area contributed by atoms with Crippen LogP contribution in [0, 0.1) is 5.82 Å². The molecule has 0 radical (unpaired) electrons. The van der Waals surface area contributed by atoms with E-state index in [4.69, 9.17) is 11.6 Å². The van der Waals surface area contributed by atoms with Gasteiger partial charge in [-0.2, -0.15) is 0 Å². The first-order chi connectivity index (χ1) is 12.2. The van der Waals surface area contributed by atoms with Crippen molar-refractivity contribution in [3.05, 3.63) is 75.8 Å². The lowest BCUT2D eigenvalue weighted by Gasteiger charge is -2.02. The molecule has 0 fully saturated rings. The van der Waals surface area contributed by atoms with E-state index >= 15 is 0 Å². The zero-order valence-corrected chi connectivity index (χ0v) is 14.7. The Bertz CT molecular complexity index is 1010. The molecular weight excluding hydrogens is 359 g/mol. The van der Waals surface area contributed by atoms with Crippen molar-refractivity contribution < 1.29 is 4.39 Å². The number of pyridine rings is 1. The van der Waals surface area contributed by atoms with Gasteiger partial charge in [-0.25, -0.2) is 14.4 Å². The molecule has 0 atom stereocenters. The number of benzene rings is 1. The van der Waals surface area contributed by atoms with E-state index in [9.17, 15) is 4.39 Å². The predicted molar refractivity (Wildman–Crippen MR) is 99.8 cm³/mol. The maximum absolute atomic E-state index is 12.9. The van der Waals surface area contributed by atoms with Crippen LogP contribution in [0.4, 0.5) is 9.52 Å². The van der Waals surface area contributed by atoms with Crippen LogP contribution in [0.15, 0.2) is 48.8 Å². The van der Waals surface area contributed by atoms with Crippen LogP contribution >= 0.6 is 22.9 Å². The molecule has 0 saturated carbocycles. The molecule has 3 heterocycles. The van der Waals surface area contributed by atoms with Gasteiger partial charge in [0.15, 0.2) is 5.13 Å². The Morgan fingerprint density at radius 2 is 2.04 bits per heavy atom. The van der Waals surface area contributed by atoms with E-state index in [-0.39, 0.29) is 5.82 Å². The van der Waals surface area contributed by atoms with Crippen molar-refractivity contribution in [2.45, 2.75) is 13.0 Å². The van der Waals surface area contributed by atoms with Gasteiger partial charge in [-0.15, -0.1) is 11.3 Å². The molecule has 0 amide bonds. The summed E-state index contributed by atoms with van der Waals surface area (Å²) in [5.74, 6) is -0.239. The number of thiazole rings is 1. The second-order valence-electron chi connectivity index (χ2n) is 5.60. The van der Waals surface area contributed by atoms with Gasteiger partial charge in [-0.1, -0.05) is 23.7 Å². The predicted octanol–water partition coefficient (Wildman–Crippen LogP) is 5.01. The number of H-pyrrole nitrogens is 1. The van der Waals surface area contributed by atoms with Gasteiger partial charge in [0, 0.05) is 30.7 Å². The molecule has 0 saturated heterocycles. The number of hydrogen-bond acceptors (Lipinski definition) is 4. The molecular formula is C18H14ClFN4S. The summed E-state index contributed by atoms with van der Waals surface area (Å²) in [6.07, 6.45) is 4.42. The van der Waals surface area contributed by atoms with Crippen LogP contribution in [0.1, 0.15) is 16.0 Å². The fourth-order valence-corrected chi connectivity index (χ4v) is 3.82. The molecule has 3 aromatic heterocycles. The molecule has 0 unspecified atom stereocenters. The third-order valence-corrected chi connectivity index (χ3v) is 5.33. The normalized spacial score (nSPS) is 11.1. The van der Waals surface area contributed by atoms with Crippen LogP contribution in [0.25, 0.3) is 11.0 Å². The SMILES string of the molecule is Fc1ccc(CNc2nc(Cl)c(Cc3c[nH]c4ncccc34)s2)cc1. The van der Waals surface area contributed by atoms with E-state index in [2.05, 4.69) is 20.3 Å². The summed E-state index contributed by atoms with van der Waals surface area (Å²) in [4.78, 5) is 12.8. The lowest BCUT2D eigenvalue weighted by atomic mass is 10.1. The van der Waals surface area contributed by atoms with E-state index in [0.717, 1.165) is 32.2 Å². The van der Waals surface area contributed by atoms with Gasteiger partial charge in [0.05, 0.1) is 4.88 Å². The Balaban J connectivity index is 1.49. The van der Waals surface area contributed by atoms with Crippen molar-refractivity contribution in [2.24, 2.45) is 0 Å². The third-order valence-electron chi connectivity index (χ3n) is 3.89. The Labute approximate surface area is 152 Å². The molecule has 7 heteroatoms. The first-order valence-corrected chi connectivity index (χ1v) is 8.93. The van der Waals surface area contributed by atoms with Gasteiger partial charge in [0.25, 0.3) is 0 Å². The van der Waals surface area contributed by atoms with Crippen LogP contribution in [-0.2, 0) is 13.0 Å². The van der Waals surface area contributed by atoms with Gasteiger partial charge in [0.1, 0.15) is 16.6 Å². The average molecular weight is 373 g/mol. The molecule has 4 aromatic rings. The Kier molecular flexibility index (Phi) is 4.38. The molecule has 2 N–H and O–H groups in total. The first-order valence-electron chi connectivity index (χ1n) is 7.73. The monoisotopic (exact) mass is 372 g/mol. The summed E-state index contributed by atoms with van der Waals surface area (Å²) in [7, 11) is 0. The fraction of sp³-hybridized carbons (Fsp3) is 0.111. The van der Waals surface area contributed by atoms with Gasteiger partial charge in [0.2, 0.25) is 0 Å². The minimum atomic E-state index is -0.239. The molecule has 4 rings (SSSR count). The molecule has 1 aromatic carbocycles. The van der Waals surface area contributed by atoms with Gasteiger partial charge in [-0.05, 0) is 35.4 Å². The molecule has 126 valence electrons. The Morgan fingerprint density at radius 3 is 2.88 bits per heavy atom. The fourth-order valence-electron chi connectivity index (χ4n) is 2.63. The highest BCUT2D eigenvalue weighted by atomic mass is 35.5. The zero-order chi connectivity index (χ0) is 17.2. The van der Waals surface area contributed by atoms with Gasteiger partial charge >= 0.3 is 0 Å². The lowest BCUT2D eigenvalue weighted by Crippen LogP contribution is -1.98. The first kappa shape index (κ1) is 16.1. The molecule has 0 aliphatic heterocycles. The number of nitrogens with zero attached hydrogens (tertiary/aromatic N) is 2. The number of aromatic amines is 1. The number of aromatic nitrogens is 3. The van der Waals surface area contributed by atoms with Crippen LogP contribution in [0.2, 0.25) is 5.15 Å². The zero-order valence-electron chi connectivity index (χ0n) is 13.1. The highest BCUT2D eigenvalue weighted by Gasteiger charge is 2.12. The number of nitrogens with one attached hydrogen (secondary N) is 2. The van der Waals surface area contributed by atoms with Crippen LogP contribution in [0.5, 0.6) is 0 Å². The molecule has 0 aliphatic carbocycles.